The maximum absolute atomic E-state index is 12.9. The van der Waals surface area contributed by atoms with Gasteiger partial charge in [0.1, 0.15) is 5.01 Å². The second kappa shape index (κ2) is 7.76. The van der Waals surface area contributed by atoms with Gasteiger partial charge in [-0.3, -0.25) is 19.2 Å². The maximum atomic E-state index is 12.9. The van der Waals surface area contributed by atoms with Crippen LogP contribution in [0.5, 0.6) is 0 Å². The molecule has 2 fully saturated rings. The molecule has 0 aromatic carbocycles. The van der Waals surface area contributed by atoms with E-state index < -0.39 is 6.04 Å². The van der Waals surface area contributed by atoms with Gasteiger partial charge in [0.2, 0.25) is 11.9 Å². The molecule has 2 saturated heterocycles. The summed E-state index contributed by atoms with van der Waals surface area (Å²) in [5.74, 6) is 1.71. The zero-order chi connectivity index (χ0) is 19.8. The molecule has 0 spiro atoms. The molecule has 4 heterocycles. The monoisotopic (exact) mass is 424 g/mol. The normalized spacial score (nSPS) is 22.9. The highest BCUT2D eigenvalue weighted by molar-refractivity contribution is 8.01. The molecule has 1 aromatic rings. The smallest absolute Gasteiger partial charge is 0.375 e. The fourth-order valence-corrected chi connectivity index (χ4v) is 5.22. The number of imide groups is 1. The molecule has 10 nitrogen and oxygen atoms in total. The number of hydrogen-bond acceptors (Lipinski definition) is 7. The zero-order valence-corrected chi connectivity index (χ0v) is 17.6. The summed E-state index contributed by atoms with van der Waals surface area (Å²) in [5, 5.41) is 9.11. The van der Waals surface area contributed by atoms with Crippen molar-refractivity contribution in [3.63, 3.8) is 0 Å². The van der Waals surface area contributed by atoms with Crippen LogP contribution in [-0.4, -0.2) is 112 Å². The molecule has 1 aromatic heterocycles. The minimum absolute atomic E-state index is 0.248. The average Bonchev–Trinajstić information content (AvgIpc) is 3.29. The van der Waals surface area contributed by atoms with Crippen molar-refractivity contribution in [3.05, 3.63) is 5.01 Å². The Morgan fingerprint density at radius 1 is 1.21 bits per heavy atom. The van der Waals surface area contributed by atoms with Crippen LogP contribution in [0, 0.1) is 6.92 Å². The van der Waals surface area contributed by atoms with Crippen LogP contribution in [-0.2, 0) is 9.53 Å². The van der Waals surface area contributed by atoms with Gasteiger partial charge in [0.25, 0.3) is 5.91 Å². The summed E-state index contributed by atoms with van der Waals surface area (Å²) in [4.78, 5) is 34.6. The van der Waals surface area contributed by atoms with Gasteiger partial charge in [-0.2, -0.15) is 0 Å². The average molecular weight is 425 g/mol. The van der Waals surface area contributed by atoms with Crippen LogP contribution < -0.4 is 0 Å². The van der Waals surface area contributed by atoms with Crippen molar-refractivity contribution >= 4 is 46.8 Å². The lowest BCUT2D eigenvalue weighted by atomic mass is 10.1. The summed E-state index contributed by atoms with van der Waals surface area (Å²) in [5.41, 5.74) is 0. The molecule has 12 heteroatoms. The minimum Gasteiger partial charge on any atom is -0.375 e. The Morgan fingerprint density at radius 3 is 2.64 bits per heavy atom. The van der Waals surface area contributed by atoms with Crippen molar-refractivity contribution in [1.82, 2.24) is 24.9 Å². The molecular formula is C16H22N7O3S2+. The highest BCUT2D eigenvalue weighted by atomic mass is 32.2. The lowest BCUT2D eigenvalue weighted by molar-refractivity contribution is -0.554. The number of nitrogens with zero attached hydrogens (tertiary/aromatic N) is 7. The molecule has 0 saturated carbocycles. The summed E-state index contributed by atoms with van der Waals surface area (Å²) < 4.78 is 8.48. The fraction of sp³-hybridized carbons (Fsp3) is 0.625. The summed E-state index contributed by atoms with van der Waals surface area (Å²) in [6.07, 6.45) is 0. The van der Waals surface area contributed by atoms with Crippen LogP contribution in [0.2, 0.25) is 0 Å². The van der Waals surface area contributed by atoms with Crippen LogP contribution in [0.25, 0.3) is 0 Å². The third-order valence-corrected chi connectivity index (χ3v) is 6.82. The predicted molar refractivity (Wildman–Crippen MR) is 105 cm³/mol. The largest absolute Gasteiger partial charge is 0.392 e. The van der Waals surface area contributed by atoms with Gasteiger partial charge in [-0.05, 0) is 6.92 Å². The molecule has 3 aliphatic heterocycles. The van der Waals surface area contributed by atoms with Crippen LogP contribution in [0.1, 0.15) is 5.01 Å². The summed E-state index contributed by atoms with van der Waals surface area (Å²) in [6, 6.07) is -0.941. The van der Waals surface area contributed by atoms with Gasteiger partial charge < -0.3 is 4.74 Å². The third-order valence-electron chi connectivity index (χ3n) is 4.87. The van der Waals surface area contributed by atoms with Gasteiger partial charge in [-0.25, -0.2) is 9.69 Å². The Balaban J connectivity index is 1.60. The topological polar surface area (TPSA) is 94.2 Å². The number of morpholine rings is 1. The van der Waals surface area contributed by atoms with E-state index in [0.29, 0.717) is 38.7 Å². The molecular weight excluding hydrogens is 402 g/mol. The number of thioether (sulfide) groups is 1. The Bertz CT molecular complexity index is 860. The van der Waals surface area contributed by atoms with E-state index in [-0.39, 0.29) is 11.9 Å². The first-order valence-electron chi connectivity index (χ1n) is 9.00. The molecule has 0 N–H and O–H groups in total. The number of aromatic nitrogens is 2. The van der Waals surface area contributed by atoms with Gasteiger partial charge >= 0.3 is 12.0 Å². The first-order chi connectivity index (χ1) is 13.5. The second-order valence-electron chi connectivity index (χ2n) is 6.64. The summed E-state index contributed by atoms with van der Waals surface area (Å²) in [6.45, 7) is 5.19. The highest BCUT2D eigenvalue weighted by Gasteiger charge is 2.55. The van der Waals surface area contributed by atoms with Gasteiger partial charge in [0.15, 0.2) is 4.34 Å². The molecule has 1 unspecified atom stereocenters. The number of rotatable bonds is 4. The fourth-order valence-electron chi connectivity index (χ4n) is 3.40. The summed E-state index contributed by atoms with van der Waals surface area (Å²) in [7, 11) is 3.18. The molecule has 4 rings (SSSR count). The maximum Gasteiger partial charge on any atom is 0.392 e. The molecule has 0 aliphatic carbocycles. The zero-order valence-electron chi connectivity index (χ0n) is 16.0. The Kier molecular flexibility index (Phi) is 5.34. The molecule has 1 atom stereocenters. The molecule has 0 radical (unpaired) electrons. The minimum atomic E-state index is -0.581. The van der Waals surface area contributed by atoms with Crippen molar-refractivity contribution in [1.29, 1.82) is 0 Å². The molecule has 0 bridgehead atoms. The van der Waals surface area contributed by atoms with Crippen molar-refractivity contribution in [2.45, 2.75) is 17.3 Å². The van der Waals surface area contributed by atoms with E-state index >= 15 is 0 Å². The van der Waals surface area contributed by atoms with Crippen molar-refractivity contribution < 1.29 is 18.9 Å². The number of urea groups is 1. The lowest BCUT2D eigenvalue weighted by Crippen LogP contribution is -2.63. The van der Waals surface area contributed by atoms with E-state index in [1.807, 2.05) is 11.8 Å². The summed E-state index contributed by atoms with van der Waals surface area (Å²) >= 11 is 3.17. The van der Waals surface area contributed by atoms with E-state index in [9.17, 15) is 9.59 Å². The number of aryl methyl sites for hydroxylation is 1. The predicted octanol–water partition coefficient (Wildman–Crippen LogP) is -0.0562. The van der Waals surface area contributed by atoms with Gasteiger partial charge in [-0.1, -0.05) is 28.1 Å². The van der Waals surface area contributed by atoms with Crippen molar-refractivity contribution in [2.75, 3.05) is 52.7 Å². The quantitative estimate of drug-likeness (QED) is 0.494. The number of carbonyl (C=O) groups excluding carboxylic acids is 2. The van der Waals surface area contributed by atoms with Crippen LogP contribution in [0.3, 0.4) is 0 Å². The third kappa shape index (κ3) is 3.40. The van der Waals surface area contributed by atoms with Gasteiger partial charge in [-0.15, -0.1) is 10.2 Å². The second-order valence-corrected chi connectivity index (χ2v) is 9.16. The molecule has 150 valence electrons. The van der Waals surface area contributed by atoms with Crippen LogP contribution >= 0.6 is 23.1 Å². The van der Waals surface area contributed by atoms with E-state index in [1.165, 1.54) is 16.8 Å². The molecule has 3 amide bonds. The van der Waals surface area contributed by atoms with Gasteiger partial charge in [0.05, 0.1) is 32.8 Å². The number of carbonyl (C=O) groups is 2. The number of hydrogen-bond donors (Lipinski definition) is 0. The number of ether oxygens (including phenoxy) is 1. The van der Waals surface area contributed by atoms with Crippen LogP contribution in [0.15, 0.2) is 9.33 Å². The first-order valence-corrected chi connectivity index (χ1v) is 10.8. The van der Waals surface area contributed by atoms with Crippen molar-refractivity contribution in [3.8, 4) is 0 Å². The molecule has 28 heavy (non-hydrogen) atoms. The number of aliphatic imine (C=N–C) groups is 1. The van der Waals surface area contributed by atoms with Gasteiger partial charge in [0, 0.05) is 19.8 Å². The van der Waals surface area contributed by atoms with E-state index in [4.69, 9.17) is 9.73 Å². The SMILES string of the molecule is Cc1nnc(SCCN2C(=[N+]3CCOCC3)N=C3C2C(=O)N(C)C(=O)N3C)s1. The number of likely N-dealkylation sites (N-methyl/N-ethyl adjacent to an activating group) is 2. The Morgan fingerprint density at radius 2 is 1.96 bits per heavy atom. The lowest BCUT2D eigenvalue weighted by Gasteiger charge is -2.33. The van der Waals surface area contributed by atoms with E-state index in [2.05, 4.69) is 14.8 Å². The highest BCUT2D eigenvalue weighted by Crippen LogP contribution is 2.26. The number of amidine groups is 1. The van der Waals surface area contributed by atoms with E-state index in [0.717, 1.165) is 21.1 Å². The van der Waals surface area contributed by atoms with E-state index in [1.54, 1.807) is 30.1 Å². The Labute approximate surface area is 170 Å². The number of guanidine groups is 1. The first kappa shape index (κ1) is 19.3. The number of fused-ring (bicyclic) bond motifs is 1. The molecule has 3 aliphatic rings. The van der Waals surface area contributed by atoms with Crippen LogP contribution in [0.4, 0.5) is 4.79 Å². The Hall–Kier alpha value is -2.05. The van der Waals surface area contributed by atoms with Crippen molar-refractivity contribution in [2.24, 2.45) is 4.99 Å². The standard InChI is InChI=1S/C16H22N7O3S2/c1-10-18-19-15(28-10)27-9-6-23-11-12(20(2)16(25)21(3)13(11)24)17-14(23)22-4-7-26-8-5-22/h11H,4-9H2,1-3H3/q+1. The number of amides is 3.